The summed E-state index contributed by atoms with van der Waals surface area (Å²) in [5, 5.41) is 17.1. The van der Waals surface area contributed by atoms with E-state index in [0.29, 0.717) is 0 Å². The van der Waals surface area contributed by atoms with Crippen molar-refractivity contribution in [3.63, 3.8) is 0 Å². The van der Waals surface area contributed by atoms with Crippen molar-refractivity contribution in [1.82, 2.24) is 0 Å². The summed E-state index contributed by atoms with van der Waals surface area (Å²) in [4.78, 5) is 21.8. The van der Waals surface area contributed by atoms with Crippen LogP contribution in [0.1, 0.15) is 6.92 Å². The van der Waals surface area contributed by atoms with Gasteiger partial charge < -0.3 is 19.7 Å². The van der Waals surface area contributed by atoms with E-state index in [9.17, 15) is 9.59 Å². The minimum atomic E-state index is -1.70. The molecular weight excluding hydrogens is 192 g/mol. The second-order valence-electron chi connectivity index (χ2n) is 2.44. The van der Waals surface area contributed by atoms with Crippen LogP contribution in [0, 0.1) is 0 Å². The molecule has 0 fully saturated rings. The molecule has 0 spiro atoms. The monoisotopic (exact) mass is 204 g/mol. The molecule has 0 rings (SSSR count). The van der Waals surface area contributed by atoms with E-state index in [4.69, 9.17) is 10.2 Å². The Morgan fingerprint density at radius 1 is 1.50 bits per heavy atom. The van der Waals surface area contributed by atoms with Gasteiger partial charge in [-0.25, -0.2) is 9.59 Å². The molecular formula is C8H12O6. The Kier molecular flexibility index (Phi) is 5.50. The van der Waals surface area contributed by atoms with Gasteiger partial charge in [0, 0.05) is 0 Å². The standard InChI is InChI=1S/C8H12O6/c1-5(4-13-2)7(11)14-8(12)6(10)3-9/h4,6,9-10H,3H2,1-2H3/b5-4+. The van der Waals surface area contributed by atoms with E-state index in [-0.39, 0.29) is 5.57 Å². The van der Waals surface area contributed by atoms with Gasteiger partial charge in [0.2, 0.25) is 0 Å². The summed E-state index contributed by atoms with van der Waals surface area (Å²) < 4.78 is 8.69. The van der Waals surface area contributed by atoms with Crippen LogP contribution < -0.4 is 0 Å². The number of aliphatic hydroxyl groups excluding tert-OH is 2. The third-order valence-corrected chi connectivity index (χ3v) is 1.25. The highest BCUT2D eigenvalue weighted by atomic mass is 16.6. The topological polar surface area (TPSA) is 93.1 Å². The van der Waals surface area contributed by atoms with Gasteiger partial charge in [0.15, 0.2) is 6.10 Å². The number of hydrogen-bond donors (Lipinski definition) is 2. The quantitative estimate of drug-likeness (QED) is 0.263. The second-order valence-corrected chi connectivity index (χ2v) is 2.44. The second kappa shape index (κ2) is 6.11. The van der Waals surface area contributed by atoms with Gasteiger partial charge in [0.1, 0.15) is 0 Å². The molecule has 0 aromatic heterocycles. The molecule has 6 nitrogen and oxygen atoms in total. The largest absolute Gasteiger partial charge is 0.504 e. The maximum absolute atomic E-state index is 11.0. The normalized spacial score (nSPS) is 13.3. The minimum Gasteiger partial charge on any atom is -0.504 e. The lowest BCUT2D eigenvalue weighted by molar-refractivity contribution is -0.164. The van der Waals surface area contributed by atoms with Crippen LogP contribution in [0.2, 0.25) is 0 Å². The fraction of sp³-hybridized carbons (Fsp3) is 0.500. The SMILES string of the molecule is CO/C=C(\C)C(=O)OC(=O)C(O)CO. The van der Waals surface area contributed by atoms with E-state index in [1.165, 1.54) is 14.0 Å². The molecule has 0 radical (unpaired) electrons. The molecule has 6 heteroatoms. The first-order valence-electron chi connectivity index (χ1n) is 3.77. The van der Waals surface area contributed by atoms with Crippen LogP contribution >= 0.6 is 0 Å². The zero-order chi connectivity index (χ0) is 11.1. The first-order valence-corrected chi connectivity index (χ1v) is 3.77. The molecule has 0 amide bonds. The van der Waals surface area contributed by atoms with E-state index >= 15 is 0 Å². The molecule has 2 N–H and O–H groups in total. The predicted molar refractivity (Wildman–Crippen MR) is 45.0 cm³/mol. The summed E-state index contributed by atoms with van der Waals surface area (Å²) in [5.74, 6) is -2.12. The van der Waals surface area contributed by atoms with Gasteiger partial charge >= 0.3 is 11.9 Å². The van der Waals surface area contributed by atoms with Crippen LogP contribution in [0.5, 0.6) is 0 Å². The van der Waals surface area contributed by atoms with Crippen LogP contribution in [-0.4, -0.2) is 42.0 Å². The Morgan fingerprint density at radius 3 is 2.50 bits per heavy atom. The Balaban J connectivity index is 4.20. The first kappa shape index (κ1) is 12.6. The third kappa shape index (κ3) is 4.01. The Bertz CT molecular complexity index is 244. The average Bonchev–Trinajstić information content (AvgIpc) is 2.16. The van der Waals surface area contributed by atoms with Crippen molar-refractivity contribution >= 4 is 11.9 Å². The Labute approximate surface area is 80.7 Å². The average molecular weight is 204 g/mol. The summed E-state index contributed by atoms with van der Waals surface area (Å²) in [7, 11) is 1.33. The molecule has 80 valence electrons. The number of aliphatic hydroxyl groups is 2. The molecule has 0 aromatic carbocycles. The van der Waals surface area contributed by atoms with Crippen LogP contribution in [0.25, 0.3) is 0 Å². The van der Waals surface area contributed by atoms with Crippen LogP contribution in [-0.2, 0) is 19.1 Å². The van der Waals surface area contributed by atoms with Crippen molar-refractivity contribution in [2.24, 2.45) is 0 Å². The Morgan fingerprint density at radius 2 is 2.07 bits per heavy atom. The maximum atomic E-state index is 11.0. The van der Waals surface area contributed by atoms with Crippen LogP contribution in [0.15, 0.2) is 11.8 Å². The molecule has 0 saturated heterocycles. The molecule has 0 aliphatic carbocycles. The number of rotatable bonds is 4. The molecule has 0 aromatic rings. The summed E-state index contributed by atoms with van der Waals surface area (Å²) in [6.07, 6.45) is -0.602. The first-order chi connectivity index (χ1) is 6.52. The summed E-state index contributed by atoms with van der Waals surface area (Å²) >= 11 is 0. The lowest BCUT2D eigenvalue weighted by Gasteiger charge is -2.05. The third-order valence-electron chi connectivity index (χ3n) is 1.25. The molecule has 0 bridgehead atoms. The predicted octanol–water partition coefficient (Wildman–Crippen LogP) is -1.04. The highest BCUT2D eigenvalue weighted by Crippen LogP contribution is 1.98. The number of esters is 2. The number of methoxy groups -OCH3 is 1. The molecule has 0 saturated carbocycles. The molecule has 1 unspecified atom stereocenters. The van der Waals surface area contributed by atoms with Crippen LogP contribution in [0.3, 0.4) is 0 Å². The molecule has 0 aliphatic rings. The number of hydrogen-bond acceptors (Lipinski definition) is 6. The highest BCUT2D eigenvalue weighted by molar-refractivity contribution is 5.96. The van der Waals surface area contributed by atoms with Gasteiger partial charge in [-0.05, 0) is 6.92 Å². The number of carbonyl (C=O) groups excluding carboxylic acids is 2. The van der Waals surface area contributed by atoms with Crippen molar-refractivity contribution in [2.75, 3.05) is 13.7 Å². The zero-order valence-electron chi connectivity index (χ0n) is 7.89. The van der Waals surface area contributed by atoms with Gasteiger partial charge in [0.05, 0.1) is 25.6 Å². The van der Waals surface area contributed by atoms with Gasteiger partial charge in [0.25, 0.3) is 0 Å². The van der Waals surface area contributed by atoms with Gasteiger partial charge in [-0.3, -0.25) is 0 Å². The molecule has 1 atom stereocenters. The van der Waals surface area contributed by atoms with Crippen molar-refractivity contribution in [3.8, 4) is 0 Å². The fourth-order valence-corrected chi connectivity index (χ4v) is 0.539. The fourth-order valence-electron chi connectivity index (χ4n) is 0.539. The van der Waals surface area contributed by atoms with Gasteiger partial charge in [-0.2, -0.15) is 0 Å². The van der Waals surface area contributed by atoms with Gasteiger partial charge in [-0.1, -0.05) is 0 Å². The lowest BCUT2D eigenvalue weighted by Crippen LogP contribution is -2.29. The number of carbonyl (C=O) groups is 2. The number of ether oxygens (including phenoxy) is 2. The van der Waals surface area contributed by atoms with Gasteiger partial charge in [-0.15, -0.1) is 0 Å². The van der Waals surface area contributed by atoms with Crippen molar-refractivity contribution in [3.05, 3.63) is 11.8 Å². The van der Waals surface area contributed by atoms with Crippen molar-refractivity contribution in [2.45, 2.75) is 13.0 Å². The zero-order valence-corrected chi connectivity index (χ0v) is 7.89. The van der Waals surface area contributed by atoms with E-state index in [0.717, 1.165) is 6.26 Å². The lowest BCUT2D eigenvalue weighted by atomic mass is 10.3. The van der Waals surface area contributed by atoms with E-state index in [1.54, 1.807) is 0 Å². The smallest absolute Gasteiger partial charge is 0.345 e. The maximum Gasteiger partial charge on any atom is 0.345 e. The summed E-state index contributed by atoms with van der Waals surface area (Å²) in [6.45, 7) is 0.587. The van der Waals surface area contributed by atoms with E-state index in [2.05, 4.69) is 9.47 Å². The van der Waals surface area contributed by atoms with E-state index < -0.39 is 24.6 Å². The van der Waals surface area contributed by atoms with E-state index in [1.807, 2.05) is 0 Å². The molecule has 0 aliphatic heterocycles. The molecule has 14 heavy (non-hydrogen) atoms. The van der Waals surface area contributed by atoms with Crippen LogP contribution in [0.4, 0.5) is 0 Å². The molecule has 0 heterocycles. The van der Waals surface area contributed by atoms with Crippen molar-refractivity contribution in [1.29, 1.82) is 0 Å². The summed E-state index contributed by atoms with van der Waals surface area (Å²) in [6, 6.07) is 0. The minimum absolute atomic E-state index is 0.0750. The Hall–Kier alpha value is -1.40. The highest BCUT2D eigenvalue weighted by Gasteiger charge is 2.19. The summed E-state index contributed by atoms with van der Waals surface area (Å²) in [5.41, 5.74) is 0.0750. The van der Waals surface area contributed by atoms with Crippen molar-refractivity contribution < 1.29 is 29.3 Å².